The molecule has 0 aromatic heterocycles. The van der Waals surface area contributed by atoms with Crippen LogP contribution in [0.1, 0.15) is 39.2 Å². The maximum absolute atomic E-state index is 12.5. The van der Waals surface area contributed by atoms with Crippen molar-refractivity contribution in [1.82, 2.24) is 0 Å². The molecule has 1 aromatic carbocycles. The summed E-state index contributed by atoms with van der Waals surface area (Å²) in [5, 5.41) is 0. The highest BCUT2D eigenvalue weighted by Crippen LogP contribution is 2.61. The third-order valence-corrected chi connectivity index (χ3v) is 4.69. The van der Waals surface area contributed by atoms with Crippen molar-refractivity contribution in [3.8, 4) is 0 Å². The summed E-state index contributed by atoms with van der Waals surface area (Å²) in [4.78, 5) is 26.1. The molecule has 3 rings (SSSR count). The van der Waals surface area contributed by atoms with Crippen molar-refractivity contribution in [2.75, 3.05) is 18.6 Å². The summed E-state index contributed by atoms with van der Waals surface area (Å²) in [5.74, 6) is -0.264. The summed E-state index contributed by atoms with van der Waals surface area (Å²) in [7, 11) is 1.43. The van der Waals surface area contributed by atoms with E-state index >= 15 is 0 Å². The molecule has 5 heteroatoms. The summed E-state index contributed by atoms with van der Waals surface area (Å²) in [5.41, 5.74) is 1.18. The fraction of sp³-hybridized carbons (Fsp3) is 0.556. The molecule has 0 radical (unpaired) electrons. The Balaban J connectivity index is 1.91. The van der Waals surface area contributed by atoms with Crippen LogP contribution in [0.3, 0.4) is 0 Å². The van der Waals surface area contributed by atoms with Gasteiger partial charge in [0.15, 0.2) is 0 Å². The maximum Gasteiger partial charge on any atom is 0.414 e. The lowest BCUT2D eigenvalue weighted by Crippen LogP contribution is -2.42. The molecule has 2 unspecified atom stereocenters. The van der Waals surface area contributed by atoms with E-state index in [1.54, 1.807) is 4.90 Å². The molecular formula is C18H23NO4. The quantitative estimate of drug-likeness (QED) is 0.746. The topological polar surface area (TPSA) is 55.8 Å². The average Bonchev–Trinajstić information content (AvgIpc) is 3.20. The molecule has 1 fully saturated rings. The van der Waals surface area contributed by atoms with Crippen LogP contribution in [0.25, 0.3) is 0 Å². The number of benzene rings is 1. The summed E-state index contributed by atoms with van der Waals surface area (Å²) >= 11 is 0. The zero-order chi connectivity index (χ0) is 16.8. The third-order valence-electron chi connectivity index (χ3n) is 4.69. The maximum atomic E-state index is 12.5. The van der Waals surface area contributed by atoms with Crippen LogP contribution < -0.4 is 4.90 Å². The van der Waals surface area contributed by atoms with E-state index < -0.39 is 5.60 Å². The number of esters is 1. The fourth-order valence-electron chi connectivity index (χ4n) is 3.53. The Hall–Kier alpha value is -2.04. The molecule has 1 aliphatic carbocycles. The van der Waals surface area contributed by atoms with E-state index in [4.69, 9.17) is 9.47 Å². The van der Waals surface area contributed by atoms with Crippen LogP contribution >= 0.6 is 0 Å². The second-order valence-corrected chi connectivity index (χ2v) is 7.34. The monoisotopic (exact) mass is 317 g/mol. The van der Waals surface area contributed by atoms with Crippen LogP contribution in [0.2, 0.25) is 0 Å². The number of nitrogens with zero attached hydrogens (tertiary/aromatic N) is 1. The first-order valence-electron chi connectivity index (χ1n) is 7.96. The molecule has 124 valence electrons. The van der Waals surface area contributed by atoms with Gasteiger partial charge in [-0.1, -0.05) is 18.2 Å². The van der Waals surface area contributed by atoms with Crippen LogP contribution in [0.15, 0.2) is 24.3 Å². The predicted molar refractivity (Wildman–Crippen MR) is 86.4 cm³/mol. The molecule has 1 heterocycles. The minimum atomic E-state index is -0.532. The molecule has 1 aliphatic heterocycles. The van der Waals surface area contributed by atoms with E-state index in [-0.39, 0.29) is 23.4 Å². The number of methoxy groups -OCH3 is 1. The van der Waals surface area contributed by atoms with Gasteiger partial charge in [0.05, 0.1) is 18.7 Å². The number of fused-ring (bicyclic) bond motifs is 2. The minimum absolute atomic E-state index is 0.102. The smallest absolute Gasteiger partial charge is 0.414 e. The van der Waals surface area contributed by atoms with Gasteiger partial charge in [-0.25, -0.2) is 4.79 Å². The van der Waals surface area contributed by atoms with Gasteiger partial charge in [0.25, 0.3) is 0 Å². The highest BCUT2D eigenvalue weighted by molar-refractivity contribution is 5.91. The van der Waals surface area contributed by atoms with Gasteiger partial charge in [0.1, 0.15) is 5.60 Å². The van der Waals surface area contributed by atoms with Gasteiger partial charge in [0.2, 0.25) is 0 Å². The molecular weight excluding hydrogens is 294 g/mol. The Kier molecular flexibility index (Phi) is 3.62. The second kappa shape index (κ2) is 5.25. The highest BCUT2D eigenvalue weighted by Gasteiger charge is 2.62. The van der Waals surface area contributed by atoms with Crippen LogP contribution in [0.5, 0.6) is 0 Å². The molecule has 2 aliphatic rings. The van der Waals surface area contributed by atoms with Crippen LogP contribution in [-0.2, 0) is 19.7 Å². The Morgan fingerprint density at radius 1 is 1.26 bits per heavy atom. The molecule has 0 bridgehead atoms. The Morgan fingerprint density at radius 2 is 1.96 bits per heavy atom. The number of hydrogen-bond acceptors (Lipinski definition) is 4. The number of carbonyl (C=O) groups is 2. The molecule has 2 atom stereocenters. The van der Waals surface area contributed by atoms with Crippen molar-refractivity contribution in [2.45, 2.75) is 44.6 Å². The van der Waals surface area contributed by atoms with Crippen molar-refractivity contribution < 1.29 is 19.1 Å². The largest absolute Gasteiger partial charge is 0.469 e. The molecule has 0 N–H and O–H groups in total. The van der Waals surface area contributed by atoms with Gasteiger partial charge in [-0.05, 0) is 45.2 Å². The Bertz CT molecular complexity index is 649. The molecule has 5 nitrogen and oxygen atoms in total. The van der Waals surface area contributed by atoms with E-state index in [2.05, 4.69) is 0 Å². The van der Waals surface area contributed by atoms with E-state index in [9.17, 15) is 9.59 Å². The normalized spacial score (nSPS) is 25.7. The van der Waals surface area contributed by atoms with Crippen LogP contribution in [-0.4, -0.2) is 31.3 Å². The lowest BCUT2D eigenvalue weighted by molar-refractivity contribution is -0.142. The van der Waals surface area contributed by atoms with Gasteiger partial charge >= 0.3 is 12.1 Å². The summed E-state index contributed by atoms with van der Waals surface area (Å²) in [6.07, 6.45) is 1.21. The molecule has 23 heavy (non-hydrogen) atoms. The molecule has 1 amide bonds. The van der Waals surface area contributed by atoms with Gasteiger partial charge in [0, 0.05) is 12.0 Å². The van der Waals surface area contributed by atoms with Crippen molar-refractivity contribution >= 4 is 17.7 Å². The highest BCUT2D eigenvalue weighted by atomic mass is 16.6. The lowest BCUT2D eigenvalue weighted by Gasteiger charge is -2.36. The van der Waals surface area contributed by atoms with Gasteiger partial charge in [-0.2, -0.15) is 0 Å². The first-order chi connectivity index (χ1) is 10.8. The number of rotatable bonds is 1. The first kappa shape index (κ1) is 15.8. The Labute approximate surface area is 136 Å². The van der Waals surface area contributed by atoms with E-state index in [0.717, 1.165) is 24.1 Å². The fourth-order valence-corrected chi connectivity index (χ4v) is 3.53. The number of hydrogen-bond donors (Lipinski definition) is 0. The lowest BCUT2D eigenvalue weighted by atomic mass is 9.85. The van der Waals surface area contributed by atoms with Crippen molar-refractivity contribution in [3.63, 3.8) is 0 Å². The third kappa shape index (κ3) is 2.69. The van der Waals surface area contributed by atoms with Crippen molar-refractivity contribution in [3.05, 3.63) is 29.8 Å². The summed E-state index contributed by atoms with van der Waals surface area (Å²) in [6.45, 7) is 6.13. The predicted octanol–water partition coefficient (Wildman–Crippen LogP) is 3.26. The number of amides is 1. The standard InChI is InChI=1S/C18H23NO4/c1-17(2,3)23-16(21)19-10-9-18(11-13(18)15(20)22-4)12-7-5-6-8-14(12)19/h5-8,13H,9-11H2,1-4H3. The molecule has 1 spiro atoms. The van der Waals surface area contributed by atoms with Crippen molar-refractivity contribution in [1.29, 1.82) is 0 Å². The number of carbonyl (C=O) groups excluding carboxylic acids is 2. The van der Waals surface area contributed by atoms with Gasteiger partial charge < -0.3 is 9.47 Å². The zero-order valence-corrected chi connectivity index (χ0v) is 14.1. The number of ether oxygens (including phenoxy) is 2. The molecule has 1 saturated carbocycles. The van der Waals surface area contributed by atoms with E-state index in [1.165, 1.54) is 7.11 Å². The Morgan fingerprint density at radius 3 is 2.61 bits per heavy atom. The first-order valence-corrected chi connectivity index (χ1v) is 7.96. The number of para-hydroxylation sites is 1. The summed E-state index contributed by atoms with van der Waals surface area (Å²) in [6, 6.07) is 7.79. The van der Waals surface area contributed by atoms with E-state index in [0.29, 0.717) is 6.54 Å². The second-order valence-electron chi connectivity index (χ2n) is 7.34. The van der Waals surface area contributed by atoms with Crippen LogP contribution in [0, 0.1) is 5.92 Å². The van der Waals surface area contributed by atoms with Gasteiger partial charge in [-0.3, -0.25) is 9.69 Å². The van der Waals surface area contributed by atoms with E-state index in [1.807, 2.05) is 45.0 Å². The van der Waals surface area contributed by atoms with Crippen LogP contribution in [0.4, 0.5) is 10.5 Å². The zero-order valence-electron chi connectivity index (χ0n) is 14.1. The van der Waals surface area contributed by atoms with Crippen molar-refractivity contribution in [2.24, 2.45) is 5.92 Å². The SMILES string of the molecule is COC(=O)C1CC12CCN(C(=O)OC(C)(C)C)c1ccccc12. The minimum Gasteiger partial charge on any atom is -0.469 e. The molecule has 0 saturated heterocycles. The van der Waals surface area contributed by atoms with Gasteiger partial charge in [-0.15, -0.1) is 0 Å². The molecule has 1 aromatic rings. The summed E-state index contributed by atoms with van der Waals surface area (Å²) < 4.78 is 10.4. The average molecular weight is 317 g/mol. The number of anilines is 1.